The minimum Gasteiger partial charge on any atom is -0.463 e. The number of nitrogens with zero attached hydrogens (tertiary/aromatic N) is 2. The molecular formula is C26H46N4O11S. The highest BCUT2D eigenvalue weighted by atomic mass is 32.3. The predicted octanol–water partition coefficient (Wildman–Crippen LogP) is 1.85. The molecule has 0 spiro atoms. The molecule has 1 aliphatic carbocycles. The zero-order valence-corrected chi connectivity index (χ0v) is 26.2. The number of ether oxygens (including phenoxy) is 3. The van der Waals surface area contributed by atoms with Crippen molar-refractivity contribution in [2.45, 2.75) is 90.8 Å². The second-order valence-corrected chi connectivity index (χ2v) is 13.4. The Kier molecular flexibility index (Phi) is 12.8. The van der Waals surface area contributed by atoms with Crippen LogP contribution in [0.15, 0.2) is 0 Å². The summed E-state index contributed by atoms with van der Waals surface area (Å²) >= 11 is 0. The van der Waals surface area contributed by atoms with E-state index >= 15 is 0 Å². The molecule has 0 aromatic rings. The third-order valence-electron chi connectivity index (χ3n) is 6.92. The summed E-state index contributed by atoms with van der Waals surface area (Å²) in [6.07, 6.45) is 2.12. The van der Waals surface area contributed by atoms with Crippen LogP contribution in [0.2, 0.25) is 0 Å². The standard InChI is InChI=1S/C26H46N4O11S/c1-25(2,3)40-24(34)29-13-11-19(12-14-29)28-21(31)18-7-9-20(10-8-18)30(23(27)33)41-42(35,36)39-17-26(4,5)22(32)38-16-15-37-6/h18-20H,7-17H2,1-6H3,(H2,27,33)(H,28,31). The summed E-state index contributed by atoms with van der Waals surface area (Å²) in [4.78, 5) is 51.1. The first-order valence-electron chi connectivity index (χ1n) is 14.1. The number of methoxy groups -OCH3 is 1. The van der Waals surface area contributed by atoms with E-state index < -0.39 is 46.1 Å². The minimum atomic E-state index is -4.76. The van der Waals surface area contributed by atoms with Gasteiger partial charge in [-0.1, -0.05) is 0 Å². The number of amides is 4. The van der Waals surface area contributed by atoms with Gasteiger partial charge in [0, 0.05) is 32.2 Å². The van der Waals surface area contributed by atoms with Gasteiger partial charge < -0.3 is 30.2 Å². The third-order valence-corrected chi connectivity index (χ3v) is 7.67. The fraction of sp³-hybridized carbons (Fsp3) is 0.846. The van der Waals surface area contributed by atoms with Crippen LogP contribution in [-0.2, 0) is 42.7 Å². The molecule has 0 aromatic carbocycles. The molecule has 1 heterocycles. The van der Waals surface area contributed by atoms with Crippen LogP contribution in [0.25, 0.3) is 0 Å². The van der Waals surface area contributed by atoms with Crippen molar-refractivity contribution < 1.29 is 50.3 Å². The van der Waals surface area contributed by atoms with Crippen molar-refractivity contribution >= 4 is 34.4 Å². The van der Waals surface area contributed by atoms with Crippen LogP contribution in [-0.4, -0.2) is 100 Å². The van der Waals surface area contributed by atoms with E-state index in [-0.39, 0.29) is 50.0 Å². The van der Waals surface area contributed by atoms with Crippen LogP contribution >= 0.6 is 0 Å². The van der Waals surface area contributed by atoms with Crippen molar-refractivity contribution in [3.8, 4) is 0 Å². The van der Waals surface area contributed by atoms with Crippen molar-refractivity contribution in [1.29, 1.82) is 0 Å². The van der Waals surface area contributed by atoms with Gasteiger partial charge in [0.15, 0.2) is 0 Å². The van der Waals surface area contributed by atoms with Crippen LogP contribution in [0.1, 0.15) is 73.1 Å². The van der Waals surface area contributed by atoms with Crippen LogP contribution in [0.3, 0.4) is 0 Å². The Labute approximate surface area is 247 Å². The maximum absolute atomic E-state index is 12.9. The molecule has 42 heavy (non-hydrogen) atoms. The number of piperidine rings is 1. The molecule has 0 radical (unpaired) electrons. The molecule has 1 saturated carbocycles. The average Bonchev–Trinajstić information content (AvgIpc) is 2.90. The zero-order chi connectivity index (χ0) is 31.7. The maximum Gasteiger partial charge on any atom is 0.421 e. The first kappa shape index (κ1) is 35.5. The summed E-state index contributed by atoms with van der Waals surface area (Å²) in [5, 5.41) is 3.58. The second-order valence-electron chi connectivity index (χ2n) is 12.2. The van der Waals surface area contributed by atoms with Crippen molar-refractivity contribution in [1.82, 2.24) is 15.3 Å². The lowest BCUT2D eigenvalue weighted by Gasteiger charge is -2.36. The lowest BCUT2D eigenvalue weighted by molar-refractivity contribution is -0.157. The van der Waals surface area contributed by atoms with Crippen LogP contribution in [0.4, 0.5) is 9.59 Å². The van der Waals surface area contributed by atoms with E-state index in [1.54, 1.807) is 4.90 Å². The number of hydroxylamine groups is 2. The molecule has 0 unspecified atom stereocenters. The number of primary amides is 1. The highest BCUT2D eigenvalue weighted by Gasteiger charge is 2.38. The van der Waals surface area contributed by atoms with Gasteiger partial charge in [0.25, 0.3) is 0 Å². The fourth-order valence-electron chi connectivity index (χ4n) is 4.51. The largest absolute Gasteiger partial charge is 0.463 e. The van der Waals surface area contributed by atoms with E-state index in [9.17, 15) is 27.6 Å². The summed E-state index contributed by atoms with van der Waals surface area (Å²) in [5.41, 5.74) is 3.48. The van der Waals surface area contributed by atoms with Crippen molar-refractivity contribution in [3.05, 3.63) is 0 Å². The van der Waals surface area contributed by atoms with Crippen LogP contribution < -0.4 is 11.1 Å². The number of carbonyl (C=O) groups is 4. The summed E-state index contributed by atoms with van der Waals surface area (Å²) in [6, 6.07) is -1.91. The number of esters is 1. The summed E-state index contributed by atoms with van der Waals surface area (Å²) in [7, 11) is -3.32. The molecule has 2 aliphatic rings. The molecule has 0 atom stereocenters. The van der Waals surface area contributed by atoms with E-state index in [1.807, 2.05) is 20.8 Å². The van der Waals surface area contributed by atoms with E-state index in [0.717, 1.165) is 0 Å². The lowest BCUT2D eigenvalue weighted by Crippen LogP contribution is -2.50. The summed E-state index contributed by atoms with van der Waals surface area (Å²) in [5.74, 6) is -1.17. The van der Waals surface area contributed by atoms with Gasteiger partial charge >= 0.3 is 28.5 Å². The third kappa shape index (κ3) is 11.5. The minimum absolute atomic E-state index is 0.00841. The Morgan fingerprint density at radius 3 is 2.07 bits per heavy atom. The van der Waals surface area contributed by atoms with E-state index in [4.69, 9.17) is 28.4 Å². The van der Waals surface area contributed by atoms with Crippen LogP contribution in [0, 0.1) is 11.3 Å². The van der Waals surface area contributed by atoms with Gasteiger partial charge in [-0.3, -0.25) is 9.59 Å². The topological polar surface area (TPSA) is 193 Å². The van der Waals surface area contributed by atoms with Gasteiger partial charge in [-0.2, -0.15) is 13.5 Å². The van der Waals surface area contributed by atoms with E-state index in [2.05, 4.69) is 5.32 Å². The first-order valence-corrected chi connectivity index (χ1v) is 15.4. The Bertz CT molecular complexity index is 1040. The molecule has 16 heteroatoms. The highest BCUT2D eigenvalue weighted by molar-refractivity contribution is 7.81. The Morgan fingerprint density at radius 1 is 0.952 bits per heavy atom. The maximum atomic E-state index is 12.9. The predicted molar refractivity (Wildman–Crippen MR) is 149 cm³/mol. The number of hydrogen-bond acceptors (Lipinski definition) is 11. The summed E-state index contributed by atoms with van der Waals surface area (Å²) in [6.45, 7) is 8.80. The number of urea groups is 1. The molecule has 242 valence electrons. The van der Waals surface area contributed by atoms with Gasteiger partial charge in [0.1, 0.15) is 12.2 Å². The molecule has 1 saturated heterocycles. The van der Waals surface area contributed by atoms with Crippen LogP contribution in [0.5, 0.6) is 0 Å². The van der Waals surface area contributed by atoms with Crippen molar-refractivity contribution in [3.63, 3.8) is 0 Å². The molecule has 4 amide bonds. The van der Waals surface area contributed by atoms with Gasteiger partial charge in [-0.25, -0.2) is 13.8 Å². The number of likely N-dealkylation sites (tertiary alicyclic amines) is 1. The molecular weight excluding hydrogens is 576 g/mol. The Hall–Kier alpha value is -2.69. The van der Waals surface area contributed by atoms with Gasteiger partial charge in [0.2, 0.25) is 5.91 Å². The van der Waals surface area contributed by atoms with E-state index in [0.29, 0.717) is 43.8 Å². The number of nitrogens with one attached hydrogen (secondary N) is 1. The molecule has 3 N–H and O–H groups in total. The quantitative estimate of drug-likeness (QED) is 0.183. The fourth-order valence-corrected chi connectivity index (χ4v) is 5.39. The number of nitrogens with two attached hydrogens (primary N) is 1. The molecule has 2 rings (SSSR count). The summed E-state index contributed by atoms with van der Waals surface area (Å²) < 4.78 is 49.9. The average molecular weight is 623 g/mol. The normalized spacial score (nSPS) is 20.5. The van der Waals surface area contributed by atoms with Gasteiger partial charge in [-0.15, -0.1) is 4.28 Å². The lowest BCUT2D eigenvalue weighted by atomic mass is 9.85. The van der Waals surface area contributed by atoms with Gasteiger partial charge in [0.05, 0.1) is 24.7 Å². The molecule has 0 aromatic heterocycles. The first-order chi connectivity index (χ1) is 19.4. The zero-order valence-electron chi connectivity index (χ0n) is 25.4. The number of carbonyl (C=O) groups excluding carboxylic acids is 4. The van der Waals surface area contributed by atoms with E-state index in [1.165, 1.54) is 21.0 Å². The monoisotopic (exact) mass is 622 g/mol. The number of rotatable bonds is 12. The van der Waals surface area contributed by atoms with Crippen molar-refractivity contribution in [2.24, 2.45) is 17.1 Å². The second kappa shape index (κ2) is 15.2. The Balaban J connectivity index is 1.83. The Morgan fingerprint density at radius 2 is 1.55 bits per heavy atom. The SMILES string of the molecule is COCCOC(=O)C(C)(C)COS(=O)(=O)ON(C(N)=O)C1CCC(C(=O)NC2CCN(C(=O)OC(C)(C)C)CC2)CC1. The molecule has 15 nitrogen and oxygen atoms in total. The molecule has 2 fully saturated rings. The highest BCUT2D eigenvalue weighted by Crippen LogP contribution is 2.29. The van der Waals surface area contributed by atoms with Crippen molar-refractivity contribution in [2.75, 3.05) is 40.0 Å². The number of hydrogen-bond donors (Lipinski definition) is 2. The molecule has 1 aliphatic heterocycles. The van der Waals surface area contributed by atoms with Gasteiger partial charge in [-0.05, 0) is 73.1 Å². The smallest absolute Gasteiger partial charge is 0.421 e. The molecule has 0 bridgehead atoms.